The predicted octanol–water partition coefficient (Wildman–Crippen LogP) is 4.00. The molecule has 144 valence electrons. The van der Waals surface area contributed by atoms with Gasteiger partial charge in [0.2, 0.25) is 0 Å². The first-order valence-electron chi connectivity index (χ1n) is 9.74. The molecule has 0 aliphatic carbocycles. The summed E-state index contributed by atoms with van der Waals surface area (Å²) < 4.78 is 5.85. The number of aromatic nitrogens is 1. The molecule has 0 bridgehead atoms. The van der Waals surface area contributed by atoms with E-state index in [1.165, 1.54) is 11.1 Å². The fourth-order valence-corrected chi connectivity index (χ4v) is 3.51. The topological polar surface area (TPSA) is 63.2 Å². The molecule has 2 heterocycles. The number of rotatable bonds is 6. The molecule has 0 radical (unpaired) electrons. The zero-order valence-electron chi connectivity index (χ0n) is 16.2. The van der Waals surface area contributed by atoms with Gasteiger partial charge in [-0.25, -0.2) is 4.79 Å². The number of amides is 2. The van der Waals surface area contributed by atoms with Gasteiger partial charge in [0, 0.05) is 31.6 Å². The van der Waals surface area contributed by atoms with Crippen LogP contribution in [-0.2, 0) is 17.7 Å². The number of hydrogen-bond donors (Lipinski definition) is 2. The van der Waals surface area contributed by atoms with Gasteiger partial charge >= 0.3 is 6.03 Å². The van der Waals surface area contributed by atoms with Crippen LogP contribution in [0.15, 0.2) is 48.8 Å². The van der Waals surface area contributed by atoms with Crippen LogP contribution in [0.1, 0.15) is 49.5 Å². The Morgan fingerprint density at radius 1 is 1.22 bits per heavy atom. The molecule has 1 saturated heterocycles. The monoisotopic (exact) mass is 367 g/mol. The van der Waals surface area contributed by atoms with E-state index in [1.807, 2.05) is 24.4 Å². The summed E-state index contributed by atoms with van der Waals surface area (Å²) >= 11 is 0. The Morgan fingerprint density at radius 2 is 2.04 bits per heavy atom. The van der Waals surface area contributed by atoms with Gasteiger partial charge in [-0.1, -0.05) is 44.2 Å². The summed E-state index contributed by atoms with van der Waals surface area (Å²) in [6.45, 7) is 5.60. The van der Waals surface area contributed by atoms with Crippen LogP contribution in [0.25, 0.3) is 0 Å². The molecule has 5 heteroatoms. The largest absolute Gasteiger partial charge is 0.373 e. The highest BCUT2D eigenvalue weighted by atomic mass is 16.5. The molecule has 0 spiro atoms. The number of benzene rings is 1. The molecule has 3 rings (SSSR count). The maximum absolute atomic E-state index is 12.4. The van der Waals surface area contributed by atoms with Gasteiger partial charge in [0.05, 0.1) is 6.10 Å². The van der Waals surface area contributed by atoms with Crippen LogP contribution in [0.4, 0.5) is 4.79 Å². The molecule has 1 aromatic carbocycles. The second-order valence-electron chi connectivity index (χ2n) is 7.56. The second-order valence-corrected chi connectivity index (χ2v) is 7.56. The lowest BCUT2D eigenvalue weighted by Gasteiger charge is -2.30. The Morgan fingerprint density at radius 3 is 2.78 bits per heavy atom. The van der Waals surface area contributed by atoms with E-state index in [0.717, 1.165) is 24.8 Å². The van der Waals surface area contributed by atoms with E-state index < -0.39 is 0 Å². The van der Waals surface area contributed by atoms with E-state index in [0.29, 0.717) is 19.1 Å². The van der Waals surface area contributed by atoms with Crippen molar-refractivity contribution in [3.63, 3.8) is 0 Å². The first kappa shape index (κ1) is 19.4. The molecular weight excluding hydrogens is 338 g/mol. The fraction of sp³-hybridized carbons (Fsp3) is 0.455. The van der Waals surface area contributed by atoms with Crippen molar-refractivity contribution < 1.29 is 9.53 Å². The van der Waals surface area contributed by atoms with Crippen molar-refractivity contribution >= 4 is 6.03 Å². The number of ether oxygens (including phenoxy) is 1. The highest BCUT2D eigenvalue weighted by Crippen LogP contribution is 2.27. The average Bonchev–Trinajstić information content (AvgIpc) is 2.68. The number of urea groups is 1. The van der Waals surface area contributed by atoms with E-state index in [4.69, 9.17) is 4.74 Å². The zero-order valence-corrected chi connectivity index (χ0v) is 16.2. The molecule has 1 fully saturated rings. The average molecular weight is 367 g/mol. The van der Waals surface area contributed by atoms with Crippen LogP contribution in [0.5, 0.6) is 0 Å². The Kier molecular flexibility index (Phi) is 6.82. The SMILES string of the molecule is CC(C)Cc1ccccc1CNC(=O)N[C@@H]1CCO[C@@H](c2cccnc2)C1. The summed E-state index contributed by atoms with van der Waals surface area (Å²) in [5.74, 6) is 0.589. The van der Waals surface area contributed by atoms with Crippen LogP contribution in [0.3, 0.4) is 0 Å². The maximum atomic E-state index is 12.4. The minimum absolute atomic E-state index is 0.00971. The molecule has 1 aromatic heterocycles. The molecule has 2 aromatic rings. The first-order valence-corrected chi connectivity index (χ1v) is 9.74. The molecule has 2 N–H and O–H groups in total. The van der Waals surface area contributed by atoms with Gasteiger partial charge in [-0.3, -0.25) is 4.98 Å². The smallest absolute Gasteiger partial charge is 0.315 e. The van der Waals surface area contributed by atoms with E-state index in [-0.39, 0.29) is 18.2 Å². The first-order chi connectivity index (χ1) is 13.1. The molecule has 27 heavy (non-hydrogen) atoms. The Bertz CT molecular complexity index is 733. The minimum atomic E-state index is -0.119. The highest BCUT2D eigenvalue weighted by molar-refractivity contribution is 5.74. The van der Waals surface area contributed by atoms with E-state index in [9.17, 15) is 4.79 Å². The summed E-state index contributed by atoms with van der Waals surface area (Å²) in [4.78, 5) is 16.5. The lowest BCUT2D eigenvalue weighted by atomic mass is 9.98. The van der Waals surface area contributed by atoms with Gasteiger partial charge in [0.1, 0.15) is 0 Å². The van der Waals surface area contributed by atoms with Crippen LogP contribution in [0, 0.1) is 5.92 Å². The molecular formula is C22H29N3O2. The van der Waals surface area contributed by atoms with Crippen molar-refractivity contribution in [2.45, 2.75) is 51.8 Å². The van der Waals surface area contributed by atoms with Crippen molar-refractivity contribution in [3.05, 3.63) is 65.5 Å². The van der Waals surface area contributed by atoms with Crippen molar-refractivity contribution in [2.75, 3.05) is 6.61 Å². The van der Waals surface area contributed by atoms with Gasteiger partial charge in [0.15, 0.2) is 0 Å². The third-order valence-electron chi connectivity index (χ3n) is 4.86. The minimum Gasteiger partial charge on any atom is -0.373 e. The number of nitrogens with zero attached hydrogens (tertiary/aromatic N) is 1. The Hall–Kier alpha value is -2.40. The summed E-state index contributed by atoms with van der Waals surface area (Å²) in [6, 6.07) is 12.2. The molecule has 2 atom stereocenters. The van der Waals surface area contributed by atoms with Gasteiger partial charge in [-0.2, -0.15) is 0 Å². The molecule has 0 unspecified atom stereocenters. The van der Waals surface area contributed by atoms with Crippen molar-refractivity contribution in [3.8, 4) is 0 Å². The van der Waals surface area contributed by atoms with Crippen molar-refractivity contribution in [1.82, 2.24) is 15.6 Å². The lowest BCUT2D eigenvalue weighted by molar-refractivity contribution is 0.00207. The van der Waals surface area contributed by atoms with Crippen LogP contribution in [0.2, 0.25) is 0 Å². The van der Waals surface area contributed by atoms with Crippen LogP contribution in [-0.4, -0.2) is 23.7 Å². The molecule has 5 nitrogen and oxygen atoms in total. The molecule has 1 aliphatic heterocycles. The third-order valence-corrected chi connectivity index (χ3v) is 4.86. The summed E-state index contributed by atoms with van der Waals surface area (Å²) in [7, 11) is 0. The fourth-order valence-electron chi connectivity index (χ4n) is 3.51. The van der Waals surface area contributed by atoms with Gasteiger partial charge in [0.25, 0.3) is 0 Å². The number of nitrogens with one attached hydrogen (secondary N) is 2. The molecule has 1 aliphatic rings. The normalized spacial score (nSPS) is 19.7. The lowest BCUT2D eigenvalue weighted by Crippen LogP contribution is -2.44. The number of pyridine rings is 1. The van der Waals surface area contributed by atoms with Crippen LogP contribution >= 0.6 is 0 Å². The van der Waals surface area contributed by atoms with Gasteiger partial charge < -0.3 is 15.4 Å². The van der Waals surface area contributed by atoms with Crippen molar-refractivity contribution in [1.29, 1.82) is 0 Å². The summed E-state index contributed by atoms with van der Waals surface area (Å²) in [6.07, 6.45) is 6.19. The van der Waals surface area contributed by atoms with Gasteiger partial charge in [-0.15, -0.1) is 0 Å². The standard InChI is InChI=1S/C22H29N3O2/c1-16(2)12-17-6-3-4-7-18(17)15-24-22(26)25-20-9-11-27-21(13-20)19-8-5-10-23-14-19/h3-8,10,14,16,20-21H,9,11-13,15H2,1-2H3,(H2,24,25,26)/t20-,21-/m1/s1. The van der Waals surface area contributed by atoms with Gasteiger partial charge in [-0.05, 0) is 47.9 Å². The Labute approximate surface area is 161 Å². The highest BCUT2D eigenvalue weighted by Gasteiger charge is 2.25. The number of carbonyl (C=O) groups is 1. The second kappa shape index (κ2) is 9.51. The molecule has 0 saturated carbocycles. The number of carbonyl (C=O) groups excluding carboxylic acids is 1. The third kappa shape index (κ3) is 5.79. The Balaban J connectivity index is 1.51. The molecule has 2 amide bonds. The summed E-state index contributed by atoms with van der Waals surface area (Å²) in [5.41, 5.74) is 3.55. The predicted molar refractivity (Wildman–Crippen MR) is 106 cm³/mol. The number of hydrogen-bond acceptors (Lipinski definition) is 3. The van der Waals surface area contributed by atoms with Crippen molar-refractivity contribution in [2.24, 2.45) is 5.92 Å². The van der Waals surface area contributed by atoms with E-state index in [2.05, 4.69) is 47.7 Å². The van der Waals surface area contributed by atoms with E-state index in [1.54, 1.807) is 6.20 Å². The van der Waals surface area contributed by atoms with E-state index >= 15 is 0 Å². The van der Waals surface area contributed by atoms with Crippen LogP contribution < -0.4 is 10.6 Å². The summed E-state index contributed by atoms with van der Waals surface area (Å²) in [5, 5.41) is 6.11. The zero-order chi connectivity index (χ0) is 19.1. The maximum Gasteiger partial charge on any atom is 0.315 e. The quantitative estimate of drug-likeness (QED) is 0.811.